The lowest BCUT2D eigenvalue weighted by molar-refractivity contribution is -0.923. The molecule has 0 heterocycles. The van der Waals surface area contributed by atoms with E-state index < -0.39 is 28.7 Å². The number of nitrogens with zero attached hydrogens (tertiary/aromatic N) is 1. The van der Waals surface area contributed by atoms with Crippen molar-refractivity contribution >= 4 is 5.97 Å². The lowest BCUT2D eigenvalue weighted by Gasteiger charge is -2.34. The average Bonchev–Trinajstić information content (AvgIpc) is 2.10. The van der Waals surface area contributed by atoms with Crippen LogP contribution in [0.25, 0.3) is 0 Å². The van der Waals surface area contributed by atoms with Crippen molar-refractivity contribution in [1.29, 1.82) is 0 Å². The van der Waals surface area contributed by atoms with Crippen LogP contribution in [0, 0.1) is 12.3 Å². The Morgan fingerprint density at radius 1 is 1.53 bits per heavy atom. The van der Waals surface area contributed by atoms with Gasteiger partial charge in [-0.25, -0.2) is 9.18 Å². The maximum absolute atomic E-state index is 13.0. The molecule has 0 aliphatic carbocycles. The summed E-state index contributed by atoms with van der Waals surface area (Å²) in [5.41, 5.74) is 0. The number of rotatable bonds is 4. The highest BCUT2D eigenvalue weighted by atomic mass is 19.4. The van der Waals surface area contributed by atoms with Gasteiger partial charge < -0.3 is 4.74 Å². The standard InChI is InChI=1S/C10H12F4NO2/c1-5-6-15(3,4)8(7(2)11)17-9(16)10(12,13)14/h1,8H,2,6H2,3-4H3/q+1. The largest absolute Gasteiger partial charge is 0.491 e. The van der Waals surface area contributed by atoms with Crippen LogP contribution in [0.3, 0.4) is 0 Å². The number of carbonyl (C=O) groups is 1. The van der Waals surface area contributed by atoms with Crippen molar-refractivity contribution in [3.05, 3.63) is 12.4 Å². The molecule has 0 radical (unpaired) electrons. The minimum Gasteiger partial charge on any atom is -0.399 e. The van der Waals surface area contributed by atoms with Gasteiger partial charge in [0.1, 0.15) is 6.54 Å². The van der Waals surface area contributed by atoms with Gasteiger partial charge >= 0.3 is 12.1 Å². The lowest BCUT2D eigenvalue weighted by Crippen LogP contribution is -2.52. The zero-order valence-electron chi connectivity index (χ0n) is 9.34. The number of hydrogen-bond donors (Lipinski definition) is 0. The van der Waals surface area contributed by atoms with E-state index in [-0.39, 0.29) is 6.54 Å². The molecule has 0 spiro atoms. The normalized spacial score (nSPS) is 13.7. The number of hydrogen-bond acceptors (Lipinski definition) is 2. The maximum atomic E-state index is 13.0. The number of quaternary nitrogens is 1. The lowest BCUT2D eigenvalue weighted by atomic mass is 10.3. The van der Waals surface area contributed by atoms with Crippen LogP contribution in [-0.4, -0.2) is 43.5 Å². The number of ether oxygens (including phenoxy) is 1. The van der Waals surface area contributed by atoms with E-state index in [0.717, 1.165) is 0 Å². The Morgan fingerprint density at radius 3 is 2.29 bits per heavy atom. The Hall–Kier alpha value is -1.55. The van der Waals surface area contributed by atoms with Crippen LogP contribution < -0.4 is 0 Å². The molecule has 0 amide bonds. The van der Waals surface area contributed by atoms with Crippen LogP contribution in [0.1, 0.15) is 0 Å². The summed E-state index contributed by atoms with van der Waals surface area (Å²) in [7, 11) is 2.64. The van der Waals surface area contributed by atoms with Crippen LogP contribution in [0.15, 0.2) is 12.4 Å². The zero-order chi connectivity index (χ0) is 13.9. The smallest absolute Gasteiger partial charge is 0.399 e. The van der Waals surface area contributed by atoms with E-state index in [4.69, 9.17) is 6.42 Å². The second-order valence-electron chi connectivity index (χ2n) is 3.84. The molecule has 0 aromatic carbocycles. The van der Waals surface area contributed by atoms with E-state index in [1.165, 1.54) is 14.1 Å². The molecule has 0 saturated carbocycles. The molecule has 0 aromatic rings. The molecule has 7 heteroatoms. The van der Waals surface area contributed by atoms with Gasteiger partial charge in [-0.05, 0) is 5.92 Å². The van der Waals surface area contributed by atoms with Crippen molar-refractivity contribution < 1.29 is 31.6 Å². The van der Waals surface area contributed by atoms with Gasteiger partial charge in [0.05, 0.1) is 14.1 Å². The summed E-state index contributed by atoms with van der Waals surface area (Å²) in [5, 5.41) is 0. The Morgan fingerprint density at radius 2 is 2.00 bits per heavy atom. The van der Waals surface area contributed by atoms with Crippen molar-refractivity contribution in [3.8, 4) is 12.3 Å². The number of terminal acetylenes is 1. The molecule has 0 rings (SSSR count). The number of halogens is 4. The molecular weight excluding hydrogens is 242 g/mol. The highest BCUT2D eigenvalue weighted by Crippen LogP contribution is 2.23. The summed E-state index contributed by atoms with van der Waals surface area (Å²) in [5.74, 6) is -1.54. The minimum absolute atomic E-state index is 0.126. The molecule has 3 nitrogen and oxygen atoms in total. The van der Waals surface area contributed by atoms with Gasteiger partial charge in [-0.15, -0.1) is 6.42 Å². The third-order valence-corrected chi connectivity index (χ3v) is 1.85. The summed E-state index contributed by atoms with van der Waals surface area (Å²) in [6.45, 7) is 2.72. The van der Waals surface area contributed by atoms with Gasteiger partial charge in [-0.3, -0.25) is 4.48 Å². The van der Waals surface area contributed by atoms with Gasteiger partial charge in [0.15, 0.2) is 5.83 Å². The zero-order valence-corrected chi connectivity index (χ0v) is 9.34. The van der Waals surface area contributed by atoms with Crippen LogP contribution in [-0.2, 0) is 9.53 Å². The van der Waals surface area contributed by atoms with Gasteiger partial charge in [0.2, 0.25) is 0 Å². The summed E-state index contributed by atoms with van der Waals surface area (Å²) in [6, 6.07) is 0. The molecule has 0 bridgehead atoms. The molecule has 0 N–H and O–H groups in total. The fourth-order valence-electron chi connectivity index (χ4n) is 1.07. The van der Waals surface area contributed by atoms with Gasteiger partial charge in [-0.1, -0.05) is 6.58 Å². The predicted octanol–water partition coefficient (Wildman–Crippen LogP) is 1.61. The summed E-state index contributed by atoms with van der Waals surface area (Å²) < 4.78 is 52.5. The minimum atomic E-state index is -5.19. The first-order valence-corrected chi connectivity index (χ1v) is 4.40. The van der Waals surface area contributed by atoms with Crippen LogP contribution in [0.2, 0.25) is 0 Å². The van der Waals surface area contributed by atoms with Gasteiger partial charge in [-0.2, -0.15) is 13.2 Å². The van der Waals surface area contributed by atoms with E-state index >= 15 is 0 Å². The third kappa shape index (κ3) is 4.44. The quantitative estimate of drug-likeness (QED) is 0.250. The Balaban J connectivity index is 4.98. The fraction of sp³-hybridized carbons (Fsp3) is 0.500. The number of carbonyl (C=O) groups excluding carboxylic acids is 1. The first-order chi connectivity index (χ1) is 7.52. The van der Waals surface area contributed by atoms with E-state index in [0.29, 0.717) is 0 Å². The van der Waals surface area contributed by atoms with Crippen molar-refractivity contribution in [3.63, 3.8) is 0 Å². The van der Waals surface area contributed by atoms with Gasteiger partial charge in [0.25, 0.3) is 6.23 Å². The van der Waals surface area contributed by atoms with E-state index in [1.54, 1.807) is 0 Å². The van der Waals surface area contributed by atoms with Crippen LogP contribution in [0.4, 0.5) is 17.6 Å². The molecule has 1 atom stereocenters. The fourth-order valence-corrected chi connectivity index (χ4v) is 1.07. The highest BCUT2D eigenvalue weighted by molar-refractivity contribution is 5.75. The molecule has 17 heavy (non-hydrogen) atoms. The summed E-state index contributed by atoms with van der Waals surface area (Å²) >= 11 is 0. The monoisotopic (exact) mass is 254 g/mol. The molecule has 0 saturated heterocycles. The summed E-state index contributed by atoms with van der Waals surface area (Å²) in [6.07, 6.45) is -1.99. The number of likely N-dealkylation sites (N-methyl/N-ethyl adjacent to an activating group) is 1. The van der Waals surface area contributed by atoms with Crippen molar-refractivity contribution in [2.45, 2.75) is 12.4 Å². The van der Waals surface area contributed by atoms with Crippen LogP contribution >= 0.6 is 0 Å². The molecular formula is C10H12F4NO2+. The molecule has 0 aromatic heterocycles. The Kier molecular flexibility index (Phi) is 4.71. The van der Waals surface area contributed by atoms with Crippen molar-refractivity contribution in [2.75, 3.05) is 20.6 Å². The number of esters is 1. The first-order valence-electron chi connectivity index (χ1n) is 4.40. The highest BCUT2D eigenvalue weighted by Gasteiger charge is 2.46. The topological polar surface area (TPSA) is 26.3 Å². The van der Waals surface area contributed by atoms with Gasteiger partial charge in [0, 0.05) is 0 Å². The molecule has 0 aliphatic heterocycles. The molecule has 96 valence electrons. The predicted molar refractivity (Wildman–Crippen MR) is 52.0 cm³/mol. The Labute approximate surface area is 96.2 Å². The second-order valence-corrected chi connectivity index (χ2v) is 3.84. The maximum Gasteiger partial charge on any atom is 0.491 e. The van der Waals surface area contributed by atoms with Crippen molar-refractivity contribution in [1.82, 2.24) is 0 Å². The average molecular weight is 254 g/mol. The molecule has 0 aliphatic rings. The molecule has 0 fully saturated rings. The molecule has 1 unspecified atom stereocenters. The van der Waals surface area contributed by atoms with E-state index in [2.05, 4.69) is 17.2 Å². The number of alkyl halides is 3. The Bertz CT molecular complexity index is 354. The van der Waals surface area contributed by atoms with E-state index in [9.17, 15) is 22.4 Å². The van der Waals surface area contributed by atoms with Crippen LogP contribution in [0.5, 0.6) is 0 Å². The second kappa shape index (κ2) is 5.19. The SMILES string of the molecule is C#CC[N+](C)(C)C(OC(=O)C(F)(F)F)C(=C)F. The third-order valence-electron chi connectivity index (χ3n) is 1.85. The summed E-state index contributed by atoms with van der Waals surface area (Å²) in [4.78, 5) is 10.6. The first kappa shape index (κ1) is 15.4. The van der Waals surface area contributed by atoms with E-state index in [1.807, 2.05) is 0 Å². The van der Waals surface area contributed by atoms with Crippen molar-refractivity contribution in [2.24, 2.45) is 0 Å².